The summed E-state index contributed by atoms with van der Waals surface area (Å²) in [6.45, 7) is 8.84. The Balaban J connectivity index is 1.31. The van der Waals surface area contributed by atoms with Crippen LogP contribution >= 0.6 is 11.3 Å². The molecule has 5 heteroatoms. The molecule has 0 spiro atoms. The monoisotopic (exact) mass is 435 g/mol. The van der Waals surface area contributed by atoms with Crippen molar-refractivity contribution in [1.82, 2.24) is 14.3 Å². The molecule has 0 aliphatic rings. The highest BCUT2D eigenvalue weighted by Crippen LogP contribution is 2.29. The first-order chi connectivity index (χ1) is 15.3. The van der Waals surface area contributed by atoms with Gasteiger partial charge in [0.2, 0.25) is 0 Å². The van der Waals surface area contributed by atoms with Crippen molar-refractivity contribution in [2.24, 2.45) is 0 Å². The number of unbranched alkanes of at least 4 members (excludes halogenated alkanes) is 2. The van der Waals surface area contributed by atoms with Crippen molar-refractivity contribution >= 4 is 26.5 Å². The number of rotatable bonds is 12. The van der Waals surface area contributed by atoms with Crippen molar-refractivity contribution in [1.29, 1.82) is 0 Å². The van der Waals surface area contributed by atoms with E-state index in [-0.39, 0.29) is 0 Å². The maximum absolute atomic E-state index is 6.01. The Morgan fingerprint density at radius 3 is 2.35 bits per heavy atom. The molecule has 0 aliphatic carbocycles. The van der Waals surface area contributed by atoms with Gasteiger partial charge in [-0.1, -0.05) is 50.2 Å². The fourth-order valence-electron chi connectivity index (χ4n) is 3.89. The second-order valence-corrected chi connectivity index (χ2v) is 9.13. The van der Waals surface area contributed by atoms with Gasteiger partial charge < -0.3 is 9.64 Å². The third kappa shape index (κ3) is 5.46. The van der Waals surface area contributed by atoms with Gasteiger partial charge in [0.05, 0.1) is 22.5 Å². The first kappa shape index (κ1) is 21.8. The Morgan fingerprint density at radius 2 is 1.61 bits per heavy atom. The van der Waals surface area contributed by atoms with E-state index >= 15 is 0 Å². The molecule has 2 aromatic heterocycles. The summed E-state index contributed by atoms with van der Waals surface area (Å²) >= 11 is 1.73. The van der Waals surface area contributed by atoms with Crippen LogP contribution in [-0.4, -0.2) is 40.5 Å². The van der Waals surface area contributed by atoms with Gasteiger partial charge in [-0.2, -0.15) is 0 Å². The number of aromatic nitrogens is 2. The van der Waals surface area contributed by atoms with Gasteiger partial charge in [-0.3, -0.25) is 4.40 Å². The van der Waals surface area contributed by atoms with E-state index in [1.165, 1.54) is 49.0 Å². The SMILES string of the molecule is CCCCN(CCCC)CCCOc1ccc(-c2cn3c(n2)sc2ccccc23)cc1. The molecule has 4 aromatic rings. The molecule has 0 atom stereocenters. The van der Waals surface area contributed by atoms with Gasteiger partial charge in [-0.15, -0.1) is 0 Å². The molecule has 0 saturated carbocycles. The van der Waals surface area contributed by atoms with Gasteiger partial charge in [0, 0.05) is 18.3 Å². The zero-order valence-electron chi connectivity index (χ0n) is 18.7. The summed E-state index contributed by atoms with van der Waals surface area (Å²) in [4.78, 5) is 8.45. The Kier molecular flexibility index (Phi) is 7.60. The van der Waals surface area contributed by atoms with Crippen LogP contribution in [0, 0.1) is 0 Å². The summed E-state index contributed by atoms with van der Waals surface area (Å²) in [7, 11) is 0. The van der Waals surface area contributed by atoms with Gasteiger partial charge in [-0.25, -0.2) is 4.98 Å². The number of thiazole rings is 1. The summed E-state index contributed by atoms with van der Waals surface area (Å²) in [5.74, 6) is 0.934. The molecule has 2 aromatic carbocycles. The van der Waals surface area contributed by atoms with Crippen molar-refractivity contribution in [3.8, 4) is 17.0 Å². The first-order valence-corrected chi connectivity index (χ1v) is 12.4. The van der Waals surface area contributed by atoms with Crippen LogP contribution in [0.5, 0.6) is 5.75 Å². The Hall–Kier alpha value is -2.37. The molecule has 0 aliphatic heterocycles. The Morgan fingerprint density at radius 1 is 0.903 bits per heavy atom. The number of benzene rings is 2. The molecule has 0 saturated heterocycles. The highest BCUT2D eigenvalue weighted by Gasteiger charge is 2.10. The zero-order chi connectivity index (χ0) is 21.5. The lowest BCUT2D eigenvalue weighted by molar-refractivity contribution is 0.229. The average molecular weight is 436 g/mol. The molecule has 0 bridgehead atoms. The van der Waals surface area contributed by atoms with E-state index in [1.54, 1.807) is 11.3 Å². The van der Waals surface area contributed by atoms with Crippen molar-refractivity contribution in [2.75, 3.05) is 26.2 Å². The average Bonchev–Trinajstić information content (AvgIpc) is 3.36. The fourth-order valence-corrected chi connectivity index (χ4v) is 4.89. The Bertz CT molecular complexity index is 1080. The number of fused-ring (bicyclic) bond motifs is 3. The molecule has 0 N–H and O–H groups in total. The quantitative estimate of drug-likeness (QED) is 0.227. The molecule has 4 rings (SSSR count). The molecule has 31 heavy (non-hydrogen) atoms. The normalized spacial score (nSPS) is 11.7. The van der Waals surface area contributed by atoms with E-state index in [2.05, 4.69) is 77.9 Å². The number of hydrogen-bond donors (Lipinski definition) is 0. The van der Waals surface area contributed by atoms with Crippen LogP contribution < -0.4 is 4.74 Å². The van der Waals surface area contributed by atoms with Crippen molar-refractivity contribution < 1.29 is 4.74 Å². The van der Waals surface area contributed by atoms with Crippen LogP contribution in [0.15, 0.2) is 54.7 Å². The van der Waals surface area contributed by atoms with Crippen molar-refractivity contribution in [2.45, 2.75) is 46.0 Å². The third-order valence-corrected chi connectivity index (χ3v) is 6.73. The van der Waals surface area contributed by atoms with Crippen LogP contribution in [-0.2, 0) is 0 Å². The third-order valence-electron chi connectivity index (χ3n) is 5.69. The molecular weight excluding hydrogens is 402 g/mol. The van der Waals surface area contributed by atoms with Gasteiger partial charge in [-0.05, 0) is 68.8 Å². The molecular formula is C26H33N3OS. The van der Waals surface area contributed by atoms with E-state index in [4.69, 9.17) is 9.72 Å². The Labute approximate surface area is 189 Å². The maximum Gasteiger partial charge on any atom is 0.195 e. The molecule has 2 heterocycles. The van der Waals surface area contributed by atoms with Gasteiger partial charge in [0.1, 0.15) is 5.75 Å². The molecule has 0 unspecified atom stereocenters. The standard InChI is InChI=1S/C26H33N3OS/c1-3-5-16-28(17-6-4-2)18-9-19-30-22-14-12-21(13-15-22)23-20-29-24-10-7-8-11-25(24)31-26(29)27-23/h7-8,10-15,20H,3-6,9,16-19H2,1-2H3. The predicted octanol–water partition coefficient (Wildman–Crippen LogP) is 6.89. The van der Waals surface area contributed by atoms with E-state index in [1.807, 2.05) is 0 Å². The number of ether oxygens (including phenoxy) is 1. The largest absolute Gasteiger partial charge is 0.494 e. The lowest BCUT2D eigenvalue weighted by Crippen LogP contribution is -2.28. The number of imidazole rings is 1. The second-order valence-electron chi connectivity index (χ2n) is 8.12. The van der Waals surface area contributed by atoms with E-state index in [0.29, 0.717) is 0 Å². The summed E-state index contributed by atoms with van der Waals surface area (Å²) in [6, 6.07) is 16.8. The molecule has 4 nitrogen and oxygen atoms in total. The smallest absolute Gasteiger partial charge is 0.195 e. The highest BCUT2D eigenvalue weighted by atomic mass is 32.1. The minimum atomic E-state index is 0.764. The number of hydrogen-bond acceptors (Lipinski definition) is 4. The maximum atomic E-state index is 6.01. The minimum absolute atomic E-state index is 0.764. The number of nitrogens with zero attached hydrogens (tertiary/aromatic N) is 3. The zero-order valence-corrected chi connectivity index (χ0v) is 19.5. The summed E-state index contributed by atoms with van der Waals surface area (Å²) in [5.41, 5.74) is 3.34. The lowest BCUT2D eigenvalue weighted by atomic mass is 10.1. The molecule has 0 radical (unpaired) electrons. The van der Waals surface area contributed by atoms with Crippen molar-refractivity contribution in [3.63, 3.8) is 0 Å². The fraction of sp³-hybridized carbons (Fsp3) is 0.423. The van der Waals surface area contributed by atoms with E-state index < -0.39 is 0 Å². The van der Waals surface area contributed by atoms with Crippen molar-refractivity contribution in [3.05, 3.63) is 54.7 Å². The number of para-hydroxylation sites is 1. The van der Waals surface area contributed by atoms with Crippen LogP contribution in [0.2, 0.25) is 0 Å². The predicted molar refractivity (Wildman–Crippen MR) is 132 cm³/mol. The summed E-state index contributed by atoms with van der Waals surface area (Å²) in [6.07, 6.45) is 8.29. The summed E-state index contributed by atoms with van der Waals surface area (Å²) in [5, 5.41) is 0. The molecule has 0 fully saturated rings. The van der Waals surface area contributed by atoms with E-state index in [0.717, 1.165) is 41.5 Å². The van der Waals surface area contributed by atoms with Crippen LogP contribution in [0.3, 0.4) is 0 Å². The van der Waals surface area contributed by atoms with Crippen LogP contribution in [0.4, 0.5) is 0 Å². The molecule has 0 amide bonds. The second kappa shape index (κ2) is 10.8. The van der Waals surface area contributed by atoms with E-state index in [9.17, 15) is 0 Å². The van der Waals surface area contributed by atoms with Gasteiger partial charge >= 0.3 is 0 Å². The van der Waals surface area contributed by atoms with Crippen LogP contribution in [0.25, 0.3) is 26.4 Å². The highest BCUT2D eigenvalue weighted by molar-refractivity contribution is 7.23. The minimum Gasteiger partial charge on any atom is -0.494 e. The van der Waals surface area contributed by atoms with Crippen LogP contribution in [0.1, 0.15) is 46.0 Å². The lowest BCUT2D eigenvalue weighted by Gasteiger charge is -2.21. The molecule has 164 valence electrons. The summed E-state index contributed by atoms with van der Waals surface area (Å²) < 4.78 is 9.46. The van der Waals surface area contributed by atoms with Gasteiger partial charge in [0.15, 0.2) is 4.96 Å². The topological polar surface area (TPSA) is 29.8 Å². The first-order valence-electron chi connectivity index (χ1n) is 11.6. The van der Waals surface area contributed by atoms with Gasteiger partial charge in [0.25, 0.3) is 0 Å².